The largest absolute Gasteiger partial charge is 0.596 e. The maximum absolute atomic E-state index is 12.2. The van der Waals surface area contributed by atoms with E-state index in [4.69, 9.17) is 14.2 Å². The predicted molar refractivity (Wildman–Crippen MR) is 130 cm³/mol. The Morgan fingerprint density at radius 2 is 1.97 bits per heavy atom. The van der Waals surface area contributed by atoms with Gasteiger partial charge in [0.05, 0.1) is 5.39 Å². The predicted octanol–water partition coefficient (Wildman–Crippen LogP) is 5.34. The van der Waals surface area contributed by atoms with Crippen molar-refractivity contribution in [1.82, 2.24) is 9.97 Å². The minimum Gasteiger partial charge on any atom is -0.474 e. The van der Waals surface area contributed by atoms with Gasteiger partial charge in [-0.25, -0.2) is 9.97 Å². The molecule has 2 heterocycles. The minimum atomic E-state index is -0.488. The van der Waals surface area contributed by atoms with Crippen LogP contribution in [0.15, 0.2) is 6.33 Å². The van der Waals surface area contributed by atoms with Gasteiger partial charge in [0.1, 0.15) is 29.9 Å². The van der Waals surface area contributed by atoms with Crippen LogP contribution in [0.5, 0.6) is 5.88 Å². The van der Waals surface area contributed by atoms with Crippen LogP contribution in [0.3, 0.4) is 0 Å². The molecule has 4 rings (SSSR count). The molecule has 1 saturated carbocycles. The van der Waals surface area contributed by atoms with Crippen LogP contribution in [0.1, 0.15) is 75.7 Å². The highest BCUT2D eigenvalue weighted by atomic mass is 32.1. The molecule has 1 fully saturated rings. The Labute approximate surface area is 200 Å². The SMILES string of the molecule is COCCC1CCc2sc3ncnc(OC4CCC(C=[N+](C)C(=O)OC(C)(C)C)CC4)c3c21. The van der Waals surface area contributed by atoms with E-state index in [1.54, 1.807) is 36.4 Å². The van der Waals surface area contributed by atoms with E-state index in [0.29, 0.717) is 11.8 Å². The summed E-state index contributed by atoms with van der Waals surface area (Å²) in [5, 5.41) is 1.12. The number of aryl methyl sites for hydroxylation is 1. The number of aromatic nitrogens is 2. The van der Waals surface area contributed by atoms with Crippen molar-refractivity contribution in [2.24, 2.45) is 5.92 Å². The van der Waals surface area contributed by atoms with Crippen LogP contribution < -0.4 is 4.74 Å². The molecule has 1 amide bonds. The first-order chi connectivity index (χ1) is 15.7. The van der Waals surface area contributed by atoms with E-state index in [1.807, 2.05) is 27.0 Å². The summed E-state index contributed by atoms with van der Waals surface area (Å²) in [7, 11) is 3.53. The van der Waals surface area contributed by atoms with Crippen LogP contribution >= 0.6 is 11.3 Å². The molecule has 8 heteroatoms. The molecular formula is C25H36N3O4S+. The zero-order chi connectivity index (χ0) is 23.6. The van der Waals surface area contributed by atoms with Gasteiger partial charge in [-0.1, -0.05) is 0 Å². The molecular weight excluding hydrogens is 438 g/mol. The molecule has 2 aliphatic carbocycles. The van der Waals surface area contributed by atoms with Crippen LogP contribution in [0.25, 0.3) is 10.2 Å². The third-order valence-electron chi connectivity index (χ3n) is 6.48. The van der Waals surface area contributed by atoms with Crippen molar-refractivity contribution in [2.45, 2.75) is 83.3 Å². The van der Waals surface area contributed by atoms with Crippen molar-refractivity contribution in [3.05, 3.63) is 16.8 Å². The molecule has 0 spiro atoms. The molecule has 0 aromatic carbocycles. The Balaban J connectivity index is 1.42. The highest BCUT2D eigenvalue weighted by Crippen LogP contribution is 2.47. The van der Waals surface area contributed by atoms with Gasteiger partial charge < -0.3 is 14.2 Å². The second-order valence-electron chi connectivity index (χ2n) is 10.2. The van der Waals surface area contributed by atoms with Crippen molar-refractivity contribution in [3.63, 3.8) is 0 Å². The number of methoxy groups -OCH3 is 1. The molecule has 2 aromatic rings. The molecule has 33 heavy (non-hydrogen) atoms. The van der Waals surface area contributed by atoms with Crippen molar-refractivity contribution in [1.29, 1.82) is 0 Å². The van der Waals surface area contributed by atoms with Crippen LogP contribution in [0, 0.1) is 5.92 Å². The summed E-state index contributed by atoms with van der Waals surface area (Å²) >= 11 is 1.79. The Hall–Kier alpha value is -2.06. The van der Waals surface area contributed by atoms with Gasteiger partial charge in [-0.2, -0.15) is 4.79 Å². The van der Waals surface area contributed by atoms with Gasteiger partial charge in [-0.05, 0) is 77.2 Å². The number of thiophene rings is 1. The van der Waals surface area contributed by atoms with Gasteiger partial charge >= 0.3 is 6.09 Å². The normalized spacial score (nSPS) is 23.5. The number of nitrogens with zero attached hydrogens (tertiary/aromatic N) is 3. The summed E-state index contributed by atoms with van der Waals surface area (Å²) in [4.78, 5) is 23.8. The molecule has 180 valence electrons. The number of hydrogen-bond donors (Lipinski definition) is 0. The molecule has 0 radical (unpaired) electrons. The number of amides is 1. The van der Waals surface area contributed by atoms with Gasteiger partial charge in [0.2, 0.25) is 5.88 Å². The van der Waals surface area contributed by atoms with Crippen molar-refractivity contribution < 1.29 is 23.6 Å². The second-order valence-corrected chi connectivity index (χ2v) is 11.3. The third-order valence-corrected chi connectivity index (χ3v) is 7.65. The van der Waals surface area contributed by atoms with Crippen LogP contribution in [0.2, 0.25) is 0 Å². The van der Waals surface area contributed by atoms with E-state index in [0.717, 1.165) is 61.2 Å². The van der Waals surface area contributed by atoms with Crippen molar-refractivity contribution in [3.8, 4) is 5.88 Å². The summed E-state index contributed by atoms with van der Waals surface area (Å²) in [5.41, 5.74) is 0.904. The zero-order valence-electron chi connectivity index (χ0n) is 20.4. The number of ether oxygens (including phenoxy) is 3. The number of carbonyl (C=O) groups is 1. The molecule has 7 nitrogen and oxygen atoms in total. The van der Waals surface area contributed by atoms with Crippen LogP contribution in [-0.4, -0.2) is 59.3 Å². The fourth-order valence-corrected chi connectivity index (χ4v) is 6.13. The smallest absolute Gasteiger partial charge is 0.474 e. The Morgan fingerprint density at radius 1 is 1.21 bits per heavy atom. The Kier molecular flexibility index (Phi) is 7.34. The fourth-order valence-electron chi connectivity index (χ4n) is 4.90. The van der Waals surface area contributed by atoms with E-state index in [2.05, 4.69) is 9.97 Å². The van der Waals surface area contributed by atoms with Gasteiger partial charge in [0.15, 0.2) is 6.21 Å². The van der Waals surface area contributed by atoms with Crippen LogP contribution in [0.4, 0.5) is 4.79 Å². The number of fused-ring (bicyclic) bond motifs is 3. The van der Waals surface area contributed by atoms with Gasteiger partial charge in [0.25, 0.3) is 0 Å². The lowest BCUT2D eigenvalue weighted by Gasteiger charge is -2.26. The Morgan fingerprint density at radius 3 is 2.67 bits per heavy atom. The monoisotopic (exact) mass is 474 g/mol. The lowest BCUT2D eigenvalue weighted by atomic mass is 9.88. The van der Waals surface area contributed by atoms with Gasteiger partial charge in [-0.15, -0.1) is 15.9 Å². The van der Waals surface area contributed by atoms with E-state index in [1.165, 1.54) is 16.9 Å². The molecule has 0 N–H and O–H groups in total. The lowest BCUT2D eigenvalue weighted by molar-refractivity contribution is -0.416. The third kappa shape index (κ3) is 5.72. The number of rotatable bonds is 6. The van der Waals surface area contributed by atoms with Gasteiger partial charge in [-0.3, -0.25) is 0 Å². The quantitative estimate of drug-likeness (QED) is 0.415. The van der Waals surface area contributed by atoms with Gasteiger partial charge in [0, 0.05) is 24.5 Å². The zero-order valence-corrected chi connectivity index (χ0v) is 21.2. The van der Waals surface area contributed by atoms with Crippen LogP contribution in [-0.2, 0) is 15.9 Å². The standard InChI is InChI=1S/C25H36N3O4S/c1-25(2,3)32-24(29)28(4)14-16-6-9-18(10-7-16)31-22-21-20-17(12-13-30-5)8-11-19(20)33-23(21)27-15-26-22/h14-18H,6-13H2,1-5H3/q+1. The van der Waals surface area contributed by atoms with Crippen molar-refractivity contribution >= 4 is 33.9 Å². The summed E-state index contributed by atoms with van der Waals surface area (Å²) in [6.45, 7) is 6.42. The molecule has 0 saturated heterocycles. The highest BCUT2D eigenvalue weighted by molar-refractivity contribution is 7.19. The Bertz CT molecular complexity index is 1020. The maximum atomic E-state index is 12.2. The van der Waals surface area contributed by atoms with E-state index >= 15 is 0 Å². The minimum absolute atomic E-state index is 0.133. The molecule has 2 aliphatic rings. The first-order valence-electron chi connectivity index (χ1n) is 12.0. The number of carbonyl (C=O) groups excluding carboxylic acids is 1. The summed E-state index contributed by atoms with van der Waals surface area (Å²) in [6, 6.07) is 0. The maximum Gasteiger partial charge on any atom is 0.596 e. The molecule has 1 unspecified atom stereocenters. The summed E-state index contributed by atoms with van der Waals surface area (Å²) < 4.78 is 18.9. The summed E-state index contributed by atoms with van der Waals surface area (Å²) in [6.07, 6.45) is 10.6. The topological polar surface area (TPSA) is 73.6 Å². The summed E-state index contributed by atoms with van der Waals surface area (Å²) in [5.74, 6) is 1.58. The average molecular weight is 475 g/mol. The first-order valence-corrected chi connectivity index (χ1v) is 12.8. The lowest BCUT2D eigenvalue weighted by Crippen LogP contribution is -2.32. The van der Waals surface area contributed by atoms with Crippen molar-refractivity contribution in [2.75, 3.05) is 20.8 Å². The van der Waals surface area contributed by atoms with E-state index in [9.17, 15) is 4.79 Å². The fraction of sp³-hybridized carbons (Fsp3) is 0.680. The average Bonchev–Trinajstić information content (AvgIpc) is 3.32. The second kappa shape index (κ2) is 10.1. The first kappa shape index (κ1) is 24.1. The number of hydrogen-bond acceptors (Lipinski definition) is 7. The van der Waals surface area contributed by atoms with E-state index in [-0.39, 0.29) is 12.2 Å². The van der Waals surface area contributed by atoms with E-state index < -0.39 is 5.60 Å². The molecule has 0 bridgehead atoms. The molecule has 1 atom stereocenters. The highest BCUT2D eigenvalue weighted by Gasteiger charge is 2.32. The molecule has 0 aliphatic heterocycles. The molecule has 2 aromatic heterocycles.